The number of benzene rings is 2. The summed E-state index contributed by atoms with van der Waals surface area (Å²) in [6, 6.07) is 14.8. The first kappa shape index (κ1) is 19.0. The number of para-hydroxylation sites is 1. The Morgan fingerprint density at radius 1 is 1.03 bits per heavy atom. The number of ether oxygens (including phenoxy) is 2. The van der Waals surface area contributed by atoms with E-state index in [2.05, 4.69) is 4.98 Å². The summed E-state index contributed by atoms with van der Waals surface area (Å²) in [5.74, 6) is 1.90. The second-order valence-corrected chi connectivity index (χ2v) is 8.58. The molecule has 2 aromatic carbocycles. The molecule has 1 amide bonds. The van der Waals surface area contributed by atoms with Gasteiger partial charge in [-0.25, -0.2) is 9.78 Å². The quantitative estimate of drug-likeness (QED) is 0.435. The summed E-state index contributed by atoms with van der Waals surface area (Å²) < 4.78 is 22.1. The third-order valence-corrected chi connectivity index (χ3v) is 6.59. The number of hydrogen-bond acceptors (Lipinski definition) is 8. The molecule has 1 saturated heterocycles. The molecular weight excluding hydrogens is 432 g/mol. The Morgan fingerprint density at radius 2 is 1.91 bits per heavy atom. The molecule has 8 nitrogen and oxygen atoms in total. The van der Waals surface area contributed by atoms with Crippen LogP contribution in [-0.2, 0) is 11.2 Å². The number of carbonyl (C=O) groups excluding carboxylic acids is 1. The zero-order chi connectivity index (χ0) is 21.7. The van der Waals surface area contributed by atoms with Gasteiger partial charge in [-0.15, -0.1) is 11.8 Å². The van der Waals surface area contributed by atoms with Crippen LogP contribution in [-0.4, -0.2) is 28.8 Å². The Labute approximate surface area is 185 Å². The molecule has 0 aliphatic carbocycles. The summed E-state index contributed by atoms with van der Waals surface area (Å²) in [4.78, 5) is 30.9. The summed E-state index contributed by atoms with van der Waals surface area (Å²) >= 11 is 1.52. The Morgan fingerprint density at radius 3 is 2.84 bits per heavy atom. The van der Waals surface area contributed by atoms with E-state index in [9.17, 15) is 9.59 Å². The average Bonchev–Trinajstić information content (AvgIpc) is 3.53. The topological polar surface area (TPSA) is 95.0 Å². The predicted octanol–water partition coefficient (Wildman–Crippen LogP) is 3.83. The molecule has 1 unspecified atom stereocenters. The number of carbonyl (C=O) groups is 1. The first-order valence-electron chi connectivity index (χ1n) is 9.97. The lowest BCUT2D eigenvalue weighted by atomic mass is 10.1. The van der Waals surface area contributed by atoms with Crippen molar-refractivity contribution < 1.29 is 23.1 Å². The summed E-state index contributed by atoms with van der Waals surface area (Å²) in [5, 5.41) is 0.580. The van der Waals surface area contributed by atoms with Crippen molar-refractivity contribution in [2.45, 2.75) is 11.8 Å². The monoisotopic (exact) mass is 448 g/mol. The van der Waals surface area contributed by atoms with Crippen molar-refractivity contribution in [1.82, 2.24) is 4.98 Å². The Kier molecular flexibility index (Phi) is 4.43. The van der Waals surface area contributed by atoms with Gasteiger partial charge in [0.2, 0.25) is 12.7 Å². The summed E-state index contributed by atoms with van der Waals surface area (Å²) in [7, 11) is 0. The van der Waals surface area contributed by atoms with Crippen molar-refractivity contribution in [2.75, 3.05) is 17.4 Å². The minimum absolute atomic E-state index is 0.0975. The van der Waals surface area contributed by atoms with E-state index in [1.165, 1.54) is 18.0 Å². The van der Waals surface area contributed by atoms with Gasteiger partial charge in [0.05, 0.1) is 17.3 Å². The molecule has 2 aliphatic heterocycles. The molecule has 6 rings (SSSR count). The molecule has 9 heteroatoms. The minimum Gasteiger partial charge on any atom is -0.454 e. The molecule has 160 valence electrons. The highest BCUT2D eigenvalue weighted by Crippen LogP contribution is 2.37. The lowest BCUT2D eigenvalue weighted by Gasteiger charge is -2.20. The zero-order valence-electron chi connectivity index (χ0n) is 16.6. The fraction of sp³-hybridized carbons (Fsp3) is 0.174. The smallest absolute Gasteiger partial charge is 0.347 e. The molecular formula is C23H16N2O6S. The second kappa shape index (κ2) is 7.45. The number of anilines is 1. The van der Waals surface area contributed by atoms with Crippen molar-refractivity contribution in [2.24, 2.45) is 0 Å². The van der Waals surface area contributed by atoms with Crippen LogP contribution in [0.4, 0.5) is 6.01 Å². The number of fused-ring (bicyclic) bond motifs is 2. The van der Waals surface area contributed by atoms with Gasteiger partial charge in [0.25, 0.3) is 0 Å². The van der Waals surface area contributed by atoms with Crippen LogP contribution in [0.5, 0.6) is 11.5 Å². The highest BCUT2D eigenvalue weighted by molar-refractivity contribution is 8.01. The van der Waals surface area contributed by atoms with E-state index in [0.29, 0.717) is 29.3 Å². The summed E-state index contributed by atoms with van der Waals surface area (Å²) in [6.07, 6.45) is 2.03. The normalized spacial score (nSPS) is 17.4. The molecule has 0 radical (unpaired) electrons. The van der Waals surface area contributed by atoms with Crippen LogP contribution in [0.1, 0.15) is 5.56 Å². The van der Waals surface area contributed by atoms with E-state index in [1.54, 1.807) is 23.1 Å². The van der Waals surface area contributed by atoms with Crippen molar-refractivity contribution in [3.8, 4) is 22.8 Å². The predicted molar refractivity (Wildman–Crippen MR) is 118 cm³/mol. The van der Waals surface area contributed by atoms with Gasteiger partial charge >= 0.3 is 11.6 Å². The SMILES string of the molecule is O=C1CSC(Cc2ccc3c(c2)OCO3)N1c1ncc(-c2cc3ccccc3oc2=O)o1. The highest BCUT2D eigenvalue weighted by Gasteiger charge is 2.36. The number of nitrogens with zero attached hydrogens (tertiary/aromatic N) is 2. The Bertz CT molecular complexity index is 1410. The average molecular weight is 448 g/mol. The van der Waals surface area contributed by atoms with Gasteiger partial charge in [-0.1, -0.05) is 24.3 Å². The van der Waals surface area contributed by atoms with Crippen molar-refractivity contribution >= 4 is 34.7 Å². The van der Waals surface area contributed by atoms with Gasteiger partial charge < -0.3 is 18.3 Å². The fourth-order valence-corrected chi connectivity index (χ4v) is 5.00. The Hall–Kier alpha value is -3.72. The summed E-state index contributed by atoms with van der Waals surface area (Å²) in [6.45, 7) is 0.212. The molecule has 0 bridgehead atoms. The number of thioether (sulfide) groups is 1. The van der Waals surface area contributed by atoms with Crippen LogP contribution < -0.4 is 20.0 Å². The second-order valence-electron chi connectivity index (χ2n) is 7.41. The first-order valence-corrected chi connectivity index (χ1v) is 11.0. The van der Waals surface area contributed by atoms with Crippen LogP contribution in [0.15, 0.2) is 68.4 Å². The van der Waals surface area contributed by atoms with E-state index in [-0.39, 0.29) is 35.4 Å². The van der Waals surface area contributed by atoms with E-state index in [0.717, 1.165) is 10.9 Å². The van der Waals surface area contributed by atoms with E-state index in [4.69, 9.17) is 18.3 Å². The van der Waals surface area contributed by atoms with E-state index in [1.807, 2.05) is 30.3 Å². The number of rotatable bonds is 4. The number of oxazole rings is 1. The molecule has 0 N–H and O–H groups in total. The van der Waals surface area contributed by atoms with Gasteiger partial charge in [-0.2, -0.15) is 0 Å². The lowest BCUT2D eigenvalue weighted by Crippen LogP contribution is -2.34. The van der Waals surface area contributed by atoms with Crippen LogP contribution in [0.25, 0.3) is 22.3 Å². The molecule has 0 spiro atoms. The molecule has 2 aliphatic rings. The van der Waals surface area contributed by atoms with Crippen molar-refractivity contribution in [3.05, 3.63) is 70.7 Å². The largest absolute Gasteiger partial charge is 0.454 e. The third kappa shape index (κ3) is 3.21. The lowest BCUT2D eigenvalue weighted by molar-refractivity contribution is -0.116. The molecule has 1 fully saturated rings. The van der Waals surface area contributed by atoms with Crippen LogP contribution in [0.2, 0.25) is 0 Å². The Balaban J connectivity index is 1.30. The molecule has 32 heavy (non-hydrogen) atoms. The van der Waals surface area contributed by atoms with Crippen molar-refractivity contribution in [1.29, 1.82) is 0 Å². The van der Waals surface area contributed by atoms with E-state index < -0.39 is 5.63 Å². The van der Waals surface area contributed by atoms with Gasteiger partial charge in [-0.3, -0.25) is 9.69 Å². The maximum absolute atomic E-state index is 12.6. The highest BCUT2D eigenvalue weighted by atomic mass is 32.2. The molecule has 1 atom stereocenters. The number of aromatic nitrogens is 1. The van der Waals surface area contributed by atoms with Gasteiger partial charge in [0.15, 0.2) is 17.3 Å². The van der Waals surface area contributed by atoms with Crippen LogP contribution >= 0.6 is 11.8 Å². The maximum Gasteiger partial charge on any atom is 0.347 e. The van der Waals surface area contributed by atoms with Gasteiger partial charge in [-0.05, 0) is 29.8 Å². The van der Waals surface area contributed by atoms with Crippen LogP contribution in [0.3, 0.4) is 0 Å². The van der Waals surface area contributed by atoms with Crippen LogP contribution in [0, 0.1) is 0 Å². The van der Waals surface area contributed by atoms with Gasteiger partial charge in [0, 0.05) is 11.8 Å². The molecule has 4 heterocycles. The first-order chi connectivity index (χ1) is 15.7. The zero-order valence-corrected chi connectivity index (χ0v) is 17.5. The fourth-order valence-electron chi connectivity index (χ4n) is 3.86. The van der Waals surface area contributed by atoms with Crippen molar-refractivity contribution in [3.63, 3.8) is 0 Å². The van der Waals surface area contributed by atoms with Gasteiger partial charge in [0.1, 0.15) is 11.1 Å². The third-order valence-electron chi connectivity index (χ3n) is 5.41. The molecule has 4 aromatic rings. The molecule has 2 aromatic heterocycles. The summed E-state index contributed by atoms with van der Waals surface area (Å²) in [5.41, 5.74) is 1.24. The van der Waals surface area contributed by atoms with E-state index >= 15 is 0 Å². The standard InChI is InChI=1S/C23H16N2O6S/c26-20-11-32-21(8-13-5-6-17-18(7-13)29-12-28-17)25(20)23-24-10-19(31-23)15-9-14-3-1-2-4-16(14)30-22(15)27/h1-7,9-10,21H,8,11-12H2. The number of amides is 1. The maximum atomic E-state index is 12.6. The molecule has 0 saturated carbocycles. The number of hydrogen-bond donors (Lipinski definition) is 0. The minimum atomic E-state index is -0.523.